The molecule has 92 valence electrons. The molecule has 9 nitrogen and oxygen atoms in total. The van der Waals surface area contributed by atoms with E-state index in [0.717, 1.165) is 12.3 Å². The Morgan fingerprint density at radius 2 is 2.28 bits per heavy atom. The summed E-state index contributed by atoms with van der Waals surface area (Å²) in [7, 11) is 0. The number of pyridine rings is 1. The van der Waals surface area contributed by atoms with E-state index in [9.17, 15) is 14.9 Å². The Morgan fingerprint density at radius 3 is 2.89 bits per heavy atom. The molecule has 0 radical (unpaired) electrons. The minimum atomic E-state index is -0.734. The van der Waals surface area contributed by atoms with Crippen LogP contribution in [0.25, 0.3) is 0 Å². The van der Waals surface area contributed by atoms with Crippen LogP contribution in [0.15, 0.2) is 18.6 Å². The quantitative estimate of drug-likeness (QED) is 0.486. The molecule has 2 heterocycles. The van der Waals surface area contributed by atoms with Crippen LogP contribution in [0.4, 0.5) is 11.6 Å². The Bertz CT molecular complexity index is 599. The maximum Gasteiger partial charge on any atom is 0.300 e. The molecule has 2 aromatic rings. The zero-order valence-electron chi connectivity index (χ0n) is 8.62. The van der Waals surface area contributed by atoms with Gasteiger partial charge in [0, 0.05) is 0 Å². The van der Waals surface area contributed by atoms with E-state index in [2.05, 4.69) is 25.5 Å². The second-order valence-electron chi connectivity index (χ2n) is 3.07. The summed E-state index contributed by atoms with van der Waals surface area (Å²) >= 11 is 5.60. The lowest BCUT2D eigenvalue weighted by atomic mass is 10.2. The molecule has 2 aromatic heterocycles. The minimum Gasteiger partial charge on any atom is -0.291 e. The van der Waals surface area contributed by atoms with Crippen molar-refractivity contribution in [2.24, 2.45) is 0 Å². The highest BCUT2D eigenvalue weighted by Gasteiger charge is 2.22. The van der Waals surface area contributed by atoms with Gasteiger partial charge in [0.1, 0.15) is 23.2 Å². The first-order valence-electron chi connectivity index (χ1n) is 4.54. The summed E-state index contributed by atoms with van der Waals surface area (Å²) in [5.74, 6) is -0.662. The third-order valence-corrected chi connectivity index (χ3v) is 2.14. The van der Waals surface area contributed by atoms with Crippen LogP contribution in [0.1, 0.15) is 10.4 Å². The van der Waals surface area contributed by atoms with E-state index < -0.39 is 16.5 Å². The predicted octanol–water partition coefficient (Wildman–Crippen LogP) is 1.01. The van der Waals surface area contributed by atoms with Crippen molar-refractivity contribution >= 4 is 29.1 Å². The predicted molar refractivity (Wildman–Crippen MR) is 60.2 cm³/mol. The van der Waals surface area contributed by atoms with Gasteiger partial charge in [0.05, 0.1) is 4.92 Å². The summed E-state index contributed by atoms with van der Waals surface area (Å²) in [6.45, 7) is 0. The van der Waals surface area contributed by atoms with Crippen LogP contribution in [0.3, 0.4) is 0 Å². The van der Waals surface area contributed by atoms with E-state index in [4.69, 9.17) is 11.6 Å². The molecule has 0 unspecified atom stereocenters. The Labute approximate surface area is 104 Å². The molecule has 0 spiro atoms. The van der Waals surface area contributed by atoms with E-state index in [1.54, 1.807) is 0 Å². The van der Waals surface area contributed by atoms with Gasteiger partial charge in [-0.2, -0.15) is 10.1 Å². The first kappa shape index (κ1) is 11.9. The zero-order valence-corrected chi connectivity index (χ0v) is 9.38. The number of nitrogens with one attached hydrogen (secondary N) is 2. The number of nitro groups is 1. The molecule has 1 amide bonds. The summed E-state index contributed by atoms with van der Waals surface area (Å²) < 4.78 is 0. The normalized spacial score (nSPS) is 10.1. The highest BCUT2D eigenvalue weighted by Crippen LogP contribution is 2.20. The number of carbonyl (C=O) groups is 1. The monoisotopic (exact) mass is 268 g/mol. The van der Waals surface area contributed by atoms with E-state index in [1.807, 2.05) is 0 Å². The average molecular weight is 269 g/mol. The van der Waals surface area contributed by atoms with Gasteiger partial charge in [0.15, 0.2) is 0 Å². The van der Waals surface area contributed by atoms with Crippen molar-refractivity contribution in [2.75, 3.05) is 5.32 Å². The fourth-order valence-corrected chi connectivity index (χ4v) is 1.35. The van der Waals surface area contributed by atoms with Crippen molar-refractivity contribution in [3.63, 3.8) is 0 Å². The topological polar surface area (TPSA) is 127 Å². The highest BCUT2D eigenvalue weighted by molar-refractivity contribution is 6.30. The molecule has 2 rings (SSSR count). The molecule has 0 bridgehead atoms. The van der Waals surface area contributed by atoms with E-state index in [-0.39, 0.29) is 16.7 Å². The number of halogens is 1. The van der Waals surface area contributed by atoms with Crippen LogP contribution in [0, 0.1) is 10.1 Å². The number of nitrogens with zero attached hydrogens (tertiary/aromatic N) is 4. The molecule has 0 aromatic carbocycles. The van der Waals surface area contributed by atoms with Crippen LogP contribution in [-0.2, 0) is 0 Å². The number of aromatic amines is 1. The molecule has 10 heteroatoms. The smallest absolute Gasteiger partial charge is 0.291 e. The first-order chi connectivity index (χ1) is 8.58. The fraction of sp³-hybridized carbons (Fsp3) is 0. The average Bonchev–Trinajstić information content (AvgIpc) is 2.81. The summed E-state index contributed by atoms with van der Waals surface area (Å²) in [6, 6.07) is 1.10. The SMILES string of the molecule is O=C(Nc1ncn[nH]1)c1cc(Cl)ncc1[N+](=O)[O-]. The van der Waals surface area contributed by atoms with Crippen LogP contribution in [0.5, 0.6) is 0 Å². The van der Waals surface area contributed by atoms with Gasteiger partial charge in [0.25, 0.3) is 11.6 Å². The summed E-state index contributed by atoms with van der Waals surface area (Å²) in [5, 5.41) is 18.9. The maximum absolute atomic E-state index is 11.8. The molecule has 0 aliphatic carbocycles. The number of hydrogen-bond acceptors (Lipinski definition) is 6. The van der Waals surface area contributed by atoms with Crippen LogP contribution in [0.2, 0.25) is 5.15 Å². The Morgan fingerprint density at radius 1 is 1.50 bits per heavy atom. The zero-order chi connectivity index (χ0) is 13.1. The molecule has 0 aliphatic rings. The summed E-state index contributed by atoms with van der Waals surface area (Å²) in [6.07, 6.45) is 2.10. The standard InChI is InChI=1S/C8H5ClN6O3/c9-6-1-4(5(2-10-6)15(17)18)7(16)13-8-11-3-12-14-8/h1-3H,(H2,11,12,13,14,16). The van der Waals surface area contributed by atoms with Crippen molar-refractivity contribution in [3.05, 3.63) is 39.4 Å². The molecule has 2 N–H and O–H groups in total. The van der Waals surface area contributed by atoms with Gasteiger partial charge in [-0.05, 0) is 6.07 Å². The number of anilines is 1. The van der Waals surface area contributed by atoms with Crippen molar-refractivity contribution in [1.29, 1.82) is 0 Å². The van der Waals surface area contributed by atoms with Gasteiger partial charge in [-0.1, -0.05) is 11.6 Å². The molecular weight excluding hydrogens is 264 g/mol. The molecule has 18 heavy (non-hydrogen) atoms. The van der Waals surface area contributed by atoms with Crippen molar-refractivity contribution in [3.8, 4) is 0 Å². The lowest BCUT2D eigenvalue weighted by Crippen LogP contribution is -2.15. The first-order valence-corrected chi connectivity index (χ1v) is 4.92. The summed E-state index contributed by atoms with van der Waals surface area (Å²) in [4.78, 5) is 29.0. The fourth-order valence-electron chi connectivity index (χ4n) is 1.19. The van der Waals surface area contributed by atoms with Gasteiger partial charge >= 0.3 is 0 Å². The lowest BCUT2D eigenvalue weighted by Gasteiger charge is -2.02. The maximum atomic E-state index is 11.8. The summed E-state index contributed by atoms with van der Waals surface area (Å²) in [5.41, 5.74) is -0.659. The van der Waals surface area contributed by atoms with Crippen LogP contribution in [-0.4, -0.2) is 31.0 Å². The minimum absolute atomic E-state index is 0.0247. The van der Waals surface area contributed by atoms with Gasteiger partial charge in [-0.15, -0.1) is 0 Å². The number of carbonyl (C=O) groups excluding carboxylic acids is 1. The molecule has 0 saturated carbocycles. The highest BCUT2D eigenvalue weighted by atomic mass is 35.5. The van der Waals surface area contributed by atoms with Crippen molar-refractivity contribution in [1.82, 2.24) is 20.2 Å². The second-order valence-corrected chi connectivity index (χ2v) is 3.46. The van der Waals surface area contributed by atoms with E-state index in [1.165, 1.54) is 6.33 Å². The molecule has 0 fully saturated rings. The van der Waals surface area contributed by atoms with Crippen LogP contribution >= 0.6 is 11.6 Å². The Balaban J connectivity index is 2.34. The number of rotatable bonds is 3. The third-order valence-electron chi connectivity index (χ3n) is 1.94. The van der Waals surface area contributed by atoms with Gasteiger partial charge in [-0.3, -0.25) is 20.2 Å². The second kappa shape index (κ2) is 4.75. The van der Waals surface area contributed by atoms with E-state index in [0.29, 0.717) is 0 Å². The van der Waals surface area contributed by atoms with Gasteiger partial charge in [0.2, 0.25) is 5.95 Å². The van der Waals surface area contributed by atoms with Crippen LogP contribution < -0.4 is 5.32 Å². The molecule has 0 saturated heterocycles. The Kier molecular flexibility index (Phi) is 3.15. The van der Waals surface area contributed by atoms with E-state index >= 15 is 0 Å². The number of amides is 1. The number of aromatic nitrogens is 4. The third kappa shape index (κ3) is 2.40. The lowest BCUT2D eigenvalue weighted by molar-refractivity contribution is -0.385. The molecular formula is C8H5ClN6O3. The Hall–Kier alpha value is -2.55. The largest absolute Gasteiger partial charge is 0.300 e. The van der Waals surface area contributed by atoms with Gasteiger partial charge < -0.3 is 0 Å². The number of H-pyrrole nitrogens is 1. The molecule has 0 atom stereocenters. The number of hydrogen-bond donors (Lipinski definition) is 2. The van der Waals surface area contributed by atoms with Crippen molar-refractivity contribution < 1.29 is 9.72 Å². The molecule has 0 aliphatic heterocycles. The van der Waals surface area contributed by atoms with Gasteiger partial charge in [-0.25, -0.2) is 10.1 Å². The van der Waals surface area contributed by atoms with Crippen molar-refractivity contribution in [2.45, 2.75) is 0 Å².